The molecule has 1 aliphatic carbocycles. The number of ketones is 1. The minimum Gasteiger partial charge on any atom is -0.292 e. The van der Waals surface area contributed by atoms with Gasteiger partial charge in [0.2, 0.25) is 0 Å². The summed E-state index contributed by atoms with van der Waals surface area (Å²) in [6.45, 7) is 0. The molecule has 2 aromatic carbocycles. The van der Waals surface area contributed by atoms with Crippen LogP contribution in [-0.2, 0) is 0 Å². The molecule has 1 unspecified atom stereocenters. The molecule has 23 heavy (non-hydrogen) atoms. The molecule has 0 amide bonds. The molecule has 2 aliphatic rings. The molecule has 0 aromatic heterocycles. The molecule has 2 nitrogen and oxygen atoms in total. The average molecular weight is 305 g/mol. The summed E-state index contributed by atoms with van der Waals surface area (Å²) >= 11 is 0. The van der Waals surface area contributed by atoms with E-state index in [1.807, 2.05) is 36.4 Å². The molecule has 2 fully saturated rings. The van der Waals surface area contributed by atoms with Crippen LogP contribution in [0, 0.1) is 0 Å². The average Bonchev–Trinajstić information content (AvgIpc) is 3.39. The van der Waals surface area contributed by atoms with Crippen LogP contribution in [0.1, 0.15) is 54.1 Å². The van der Waals surface area contributed by atoms with Gasteiger partial charge in [0.15, 0.2) is 5.78 Å². The van der Waals surface area contributed by atoms with E-state index in [0.29, 0.717) is 6.04 Å². The first-order chi connectivity index (χ1) is 11.4. The molecule has 0 radical (unpaired) electrons. The first-order valence-electron chi connectivity index (χ1n) is 8.78. The monoisotopic (exact) mass is 305 g/mol. The zero-order valence-electron chi connectivity index (χ0n) is 13.4. The molecule has 3 atom stereocenters. The second-order valence-corrected chi connectivity index (χ2v) is 6.77. The van der Waals surface area contributed by atoms with E-state index >= 15 is 0 Å². The normalized spacial score (nSPS) is 27.6. The van der Waals surface area contributed by atoms with Gasteiger partial charge in [-0.15, -0.1) is 0 Å². The second kappa shape index (κ2) is 6.29. The minimum atomic E-state index is 0.0305. The molecule has 0 N–H and O–H groups in total. The highest BCUT2D eigenvalue weighted by atomic mass is 16.1. The smallest absolute Gasteiger partial charge is 0.181 e. The van der Waals surface area contributed by atoms with Crippen LogP contribution in [0.15, 0.2) is 60.7 Å². The summed E-state index contributed by atoms with van der Waals surface area (Å²) in [6, 6.07) is 21.2. The summed E-state index contributed by atoms with van der Waals surface area (Å²) in [5.74, 6) is 0.282. The fraction of sp³-hybridized carbons (Fsp3) is 0.381. The van der Waals surface area contributed by atoms with Crippen LogP contribution in [0.25, 0.3) is 0 Å². The van der Waals surface area contributed by atoms with Crippen molar-refractivity contribution in [1.82, 2.24) is 4.90 Å². The Balaban J connectivity index is 1.61. The molecule has 1 saturated carbocycles. The number of hydrogen-bond acceptors (Lipinski definition) is 2. The van der Waals surface area contributed by atoms with Crippen LogP contribution in [0.5, 0.6) is 0 Å². The van der Waals surface area contributed by atoms with Crippen LogP contribution in [0.2, 0.25) is 0 Å². The summed E-state index contributed by atoms with van der Waals surface area (Å²) in [6.07, 6.45) is 6.42. The Morgan fingerprint density at radius 3 is 2.09 bits per heavy atom. The van der Waals surface area contributed by atoms with Gasteiger partial charge in [0.05, 0.1) is 12.1 Å². The topological polar surface area (TPSA) is 20.1 Å². The molecule has 1 heterocycles. The van der Waals surface area contributed by atoms with Gasteiger partial charge in [0.1, 0.15) is 0 Å². The Kier molecular flexibility index (Phi) is 4.00. The molecule has 1 aliphatic heterocycles. The molecule has 0 spiro atoms. The van der Waals surface area contributed by atoms with Crippen LogP contribution in [0.4, 0.5) is 0 Å². The molecule has 4 rings (SSSR count). The standard InChI is InChI=1S/C21H23NO/c23-21(17-12-6-2-7-13-17)20-19(16-10-4-1-5-11-16)22(20)18-14-8-3-9-15-18/h1-2,4-7,10-13,18-20H,3,8-9,14-15H2/t19-,20-,22?/m1/s1. The first-order valence-corrected chi connectivity index (χ1v) is 8.78. The van der Waals surface area contributed by atoms with Crippen molar-refractivity contribution < 1.29 is 4.79 Å². The van der Waals surface area contributed by atoms with Crippen molar-refractivity contribution in [2.75, 3.05) is 0 Å². The van der Waals surface area contributed by atoms with Crippen LogP contribution in [-0.4, -0.2) is 22.8 Å². The maximum atomic E-state index is 13.0. The molecule has 118 valence electrons. The zero-order valence-corrected chi connectivity index (χ0v) is 13.4. The van der Waals surface area contributed by atoms with Gasteiger partial charge in [-0.1, -0.05) is 79.9 Å². The Hall–Kier alpha value is -1.93. The summed E-state index contributed by atoms with van der Waals surface area (Å²) in [4.78, 5) is 15.5. The number of rotatable bonds is 4. The summed E-state index contributed by atoms with van der Waals surface area (Å²) in [7, 11) is 0. The summed E-state index contributed by atoms with van der Waals surface area (Å²) in [5, 5.41) is 0. The lowest BCUT2D eigenvalue weighted by Crippen LogP contribution is -2.26. The van der Waals surface area contributed by atoms with E-state index in [9.17, 15) is 4.79 Å². The molecule has 2 heteroatoms. The van der Waals surface area contributed by atoms with E-state index in [-0.39, 0.29) is 17.9 Å². The van der Waals surface area contributed by atoms with E-state index in [2.05, 4.69) is 29.2 Å². The van der Waals surface area contributed by atoms with Crippen molar-refractivity contribution >= 4 is 5.78 Å². The van der Waals surface area contributed by atoms with Gasteiger partial charge in [-0.05, 0) is 18.4 Å². The van der Waals surface area contributed by atoms with Crippen molar-refractivity contribution in [2.45, 2.75) is 50.2 Å². The predicted octanol–water partition coefficient (Wildman–Crippen LogP) is 4.63. The Morgan fingerprint density at radius 2 is 1.43 bits per heavy atom. The maximum Gasteiger partial charge on any atom is 0.181 e. The number of hydrogen-bond donors (Lipinski definition) is 0. The molecular formula is C21H23NO. The number of Topliss-reactive ketones (excluding diaryl/α,β-unsaturated/α-hetero) is 1. The molecule has 0 bridgehead atoms. The van der Waals surface area contributed by atoms with Gasteiger partial charge in [-0.2, -0.15) is 0 Å². The fourth-order valence-electron chi connectivity index (χ4n) is 4.14. The van der Waals surface area contributed by atoms with Crippen LogP contribution < -0.4 is 0 Å². The lowest BCUT2D eigenvalue weighted by atomic mass is 9.95. The quantitative estimate of drug-likeness (QED) is 0.606. The Morgan fingerprint density at radius 1 is 0.826 bits per heavy atom. The van der Waals surface area contributed by atoms with Crippen molar-refractivity contribution in [3.05, 3.63) is 71.8 Å². The van der Waals surface area contributed by atoms with Crippen molar-refractivity contribution in [1.29, 1.82) is 0 Å². The van der Waals surface area contributed by atoms with Crippen molar-refractivity contribution in [2.24, 2.45) is 0 Å². The fourth-order valence-corrected chi connectivity index (χ4v) is 4.14. The predicted molar refractivity (Wildman–Crippen MR) is 92.5 cm³/mol. The van der Waals surface area contributed by atoms with Crippen LogP contribution >= 0.6 is 0 Å². The third-order valence-corrected chi connectivity index (χ3v) is 5.32. The third-order valence-electron chi connectivity index (χ3n) is 5.32. The summed E-state index contributed by atoms with van der Waals surface area (Å²) < 4.78 is 0. The van der Waals surface area contributed by atoms with Crippen LogP contribution in [0.3, 0.4) is 0 Å². The highest BCUT2D eigenvalue weighted by Gasteiger charge is 2.55. The molecule has 2 aromatic rings. The van der Waals surface area contributed by atoms with Gasteiger partial charge >= 0.3 is 0 Å². The lowest BCUT2D eigenvalue weighted by molar-refractivity contribution is 0.0963. The first kappa shape index (κ1) is 14.6. The minimum absolute atomic E-state index is 0.0305. The highest BCUT2D eigenvalue weighted by molar-refractivity contribution is 6.02. The van der Waals surface area contributed by atoms with E-state index in [0.717, 1.165) is 5.56 Å². The number of carbonyl (C=O) groups excluding carboxylic acids is 1. The molecule has 1 saturated heterocycles. The largest absolute Gasteiger partial charge is 0.292 e. The van der Waals surface area contributed by atoms with E-state index < -0.39 is 0 Å². The third kappa shape index (κ3) is 2.84. The van der Waals surface area contributed by atoms with Gasteiger partial charge in [-0.3, -0.25) is 9.69 Å². The lowest BCUT2D eigenvalue weighted by Gasteiger charge is -2.24. The number of nitrogens with zero attached hydrogens (tertiary/aromatic N) is 1. The van der Waals surface area contributed by atoms with E-state index in [4.69, 9.17) is 0 Å². The van der Waals surface area contributed by atoms with Gasteiger partial charge in [0.25, 0.3) is 0 Å². The van der Waals surface area contributed by atoms with E-state index in [1.165, 1.54) is 37.7 Å². The van der Waals surface area contributed by atoms with Gasteiger partial charge < -0.3 is 0 Å². The van der Waals surface area contributed by atoms with Gasteiger partial charge in [0, 0.05) is 11.6 Å². The SMILES string of the molecule is O=C(c1ccccc1)[C@H]1[C@@H](c2ccccc2)N1C1CCCCC1. The zero-order chi connectivity index (χ0) is 15.6. The molecular weight excluding hydrogens is 282 g/mol. The highest BCUT2D eigenvalue weighted by Crippen LogP contribution is 2.49. The number of carbonyl (C=O) groups is 1. The van der Waals surface area contributed by atoms with Crippen molar-refractivity contribution in [3.63, 3.8) is 0 Å². The maximum absolute atomic E-state index is 13.0. The Labute approximate surface area is 138 Å². The summed E-state index contributed by atoms with van der Waals surface area (Å²) in [5.41, 5.74) is 2.13. The van der Waals surface area contributed by atoms with Crippen molar-refractivity contribution in [3.8, 4) is 0 Å². The number of benzene rings is 2. The Bertz CT molecular complexity index is 661. The second-order valence-electron chi connectivity index (χ2n) is 6.77. The van der Waals surface area contributed by atoms with E-state index in [1.54, 1.807) is 0 Å². The van der Waals surface area contributed by atoms with Gasteiger partial charge in [-0.25, -0.2) is 0 Å².